The molecule has 0 aromatic rings. The van der Waals surface area contributed by atoms with Crippen LogP contribution in [0.25, 0.3) is 0 Å². The maximum absolute atomic E-state index is 5.73. The van der Waals surface area contributed by atoms with Crippen molar-refractivity contribution in [3.63, 3.8) is 0 Å². The van der Waals surface area contributed by atoms with E-state index < -0.39 is 13.6 Å². The minimum absolute atomic E-state index is 0.917. The summed E-state index contributed by atoms with van der Waals surface area (Å²) >= 11 is -1.12. The van der Waals surface area contributed by atoms with Gasteiger partial charge in [0.2, 0.25) is 0 Å². The number of hydrogen-bond donors (Lipinski definition) is 0. The number of halogens is 1. The van der Waals surface area contributed by atoms with Gasteiger partial charge < -0.3 is 3.79 Å². The molecule has 0 bridgehead atoms. The van der Waals surface area contributed by atoms with Gasteiger partial charge in [-0.2, -0.15) is 0 Å². The van der Waals surface area contributed by atoms with E-state index in [1.165, 1.54) is 18.1 Å². The van der Waals surface area contributed by atoms with Crippen LogP contribution < -0.4 is 0 Å². The first-order chi connectivity index (χ1) is 3.39. The first kappa shape index (κ1) is 5.91. The van der Waals surface area contributed by atoms with E-state index in [-0.39, 0.29) is 0 Å². The van der Waals surface area contributed by atoms with Crippen molar-refractivity contribution in [2.24, 2.45) is 0 Å². The molecule has 3 heteroatoms. The average molecular weight is 135 g/mol. The van der Waals surface area contributed by atoms with Gasteiger partial charge in [-0.15, -0.1) is 0 Å². The largest absolute Gasteiger partial charge is 0.591 e. The molecule has 1 aliphatic rings. The Morgan fingerprint density at radius 3 is 2.57 bits per heavy atom. The Bertz CT molecular complexity index is 53.7. The smallest absolute Gasteiger partial charge is 0.489 e. The van der Waals surface area contributed by atoms with Crippen LogP contribution in [0, 0.1) is 0 Å². The molecule has 1 saturated heterocycles. The summed E-state index contributed by atoms with van der Waals surface area (Å²) in [6.07, 6.45) is 2.51. The maximum Gasteiger partial charge on any atom is 0.591 e. The Labute approximate surface area is 52.5 Å². The summed E-state index contributed by atoms with van der Waals surface area (Å²) in [5, 5.41) is 1.17. The van der Waals surface area contributed by atoms with Gasteiger partial charge in [0.1, 0.15) is 0 Å². The minimum atomic E-state index is -1.12. The van der Waals surface area contributed by atoms with Gasteiger partial charge in [0.05, 0.1) is 0 Å². The number of hydrogen-bond acceptors (Lipinski definition) is 1. The van der Waals surface area contributed by atoms with Crippen molar-refractivity contribution in [3.05, 3.63) is 0 Å². The second-order valence-electron chi connectivity index (χ2n) is 1.78. The second-order valence-corrected chi connectivity index (χ2v) is 4.97. The molecule has 0 aliphatic carbocycles. The Morgan fingerprint density at radius 2 is 2.29 bits per heavy atom. The molecule has 1 heterocycles. The first-order valence-corrected chi connectivity index (χ1v) is 5.68. The van der Waals surface area contributed by atoms with Crippen LogP contribution in [0.1, 0.15) is 12.8 Å². The summed E-state index contributed by atoms with van der Waals surface area (Å²) in [7, 11) is 5.73. The molecular weight excluding hydrogens is 126 g/mol. The molecule has 1 nitrogen and oxygen atoms in total. The summed E-state index contributed by atoms with van der Waals surface area (Å²) in [4.78, 5) is 0. The lowest BCUT2D eigenvalue weighted by Gasteiger charge is -2.11. The highest BCUT2D eigenvalue weighted by atomic mass is 35.6. The molecular formula is C4H8AlClO. The van der Waals surface area contributed by atoms with E-state index in [0.29, 0.717) is 0 Å². The third-order valence-electron chi connectivity index (χ3n) is 1.12. The first-order valence-electron chi connectivity index (χ1n) is 2.65. The van der Waals surface area contributed by atoms with Gasteiger partial charge >= 0.3 is 13.6 Å². The van der Waals surface area contributed by atoms with E-state index in [4.69, 9.17) is 13.8 Å². The molecule has 0 unspecified atom stereocenters. The normalized spacial score (nSPS) is 22.7. The maximum atomic E-state index is 5.73. The SMILES string of the molecule is [Cl][Al]1[CH2]CCC[O]1. The van der Waals surface area contributed by atoms with Gasteiger partial charge in [0, 0.05) is 6.61 Å². The van der Waals surface area contributed by atoms with Crippen LogP contribution in [0.4, 0.5) is 0 Å². The van der Waals surface area contributed by atoms with Gasteiger partial charge in [-0.3, -0.25) is 0 Å². The topological polar surface area (TPSA) is 9.23 Å². The van der Waals surface area contributed by atoms with E-state index in [2.05, 4.69) is 0 Å². The lowest BCUT2D eigenvalue weighted by atomic mass is 10.4. The Kier molecular flexibility index (Phi) is 2.48. The molecule has 0 N–H and O–H groups in total. The molecule has 7 heavy (non-hydrogen) atoms. The predicted octanol–water partition coefficient (Wildman–Crippen LogP) is 1.52. The second kappa shape index (κ2) is 2.94. The molecule has 0 saturated carbocycles. The summed E-state index contributed by atoms with van der Waals surface area (Å²) < 4.78 is 5.18. The summed E-state index contributed by atoms with van der Waals surface area (Å²) in [6, 6.07) is 0. The van der Waals surface area contributed by atoms with E-state index in [1.54, 1.807) is 0 Å². The van der Waals surface area contributed by atoms with Crippen molar-refractivity contribution in [1.82, 2.24) is 0 Å². The lowest BCUT2D eigenvalue weighted by Crippen LogP contribution is -2.16. The van der Waals surface area contributed by atoms with Crippen molar-refractivity contribution < 1.29 is 3.79 Å². The number of rotatable bonds is 0. The molecule has 0 aromatic heterocycles. The highest BCUT2D eigenvalue weighted by Gasteiger charge is 2.20. The van der Waals surface area contributed by atoms with Gasteiger partial charge in [-0.05, 0) is 6.42 Å². The van der Waals surface area contributed by atoms with Gasteiger partial charge in [0.25, 0.3) is 0 Å². The zero-order valence-corrected chi connectivity index (χ0v) is 6.10. The summed E-state index contributed by atoms with van der Waals surface area (Å²) in [6.45, 7) is 0.917. The molecule has 1 rings (SSSR count). The van der Waals surface area contributed by atoms with Crippen LogP contribution in [0.5, 0.6) is 0 Å². The van der Waals surface area contributed by atoms with E-state index in [9.17, 15) is 0 Å². The van der Waals surface area contributed by atoms with Gasteiger partial charge in [-0.25, -0.2) is 10.0 Å². The highest BCUT2D eigenvalue weighted by molar-refractivity contribution is 7.03. The molecule has 0 spiro atoms. The minimum Gasteiger partial charge on any atom is -0.489 e. The highest BCUT2D eigenvalue weighted by Crippen LogP contribution is 2.12. The van der Waals surface area contributed by atoms with Crippen molar-refractivity contribution in [1.29, 1.82) is 0 Å². The summed E-state index contributed by atoms with van der Waals surface area (Å²) in [5.41, 5.74) is 0. The van der Waals surface area contributed by atoms with Crippen molar-refractivity contribution in [2.45, 2.75) is 18.1 Å². The van der Waals surface area contributed by atoms with Gasteiger partial charge in [-0.1, -0.05) is 11.7 Å². The van der Waals surface area contributed by atoms with Crippen molar-refractivity contribution in [3.8, 4) is 0 Å². The fourth-order valence-electron chi connectivity index (χ4n) is 0.701. The van der Waals surface area contributed by atoms with Crippen LogP contribution >= 0.6 is 10.0 Å². The zero-order valence-electron chi connectivity index (χ0n) is 4.19. The van der Waals surface area contributed by atoms with Crippen LogP contribution in [-0.4, -0.2) is 20.2 Å². The zero-order chi connectivity index (χ0) is 5.11. The van der Waals surface area contributed by atoms with Crippen LogP contribution in [0.3, 0.4) is 0 Å². The lowest BCUT2D eigenvalue weighted by molar-refractivity contribution is 0.299. The van der Waals surface area contributed by atoms with E-state index in [0.717, 1.165) is 6.61 Å². The Balaban J connectivity index is 2.12. The Hall–Kier alpha value is 0.782. The Morgan fingerprint density at radius 1 is 1.43 bits per heavy atom. The van der Waals surface area contributed by atoms with Crippen LogP contribution in [-0.2, 0) is 3.79 Å². The van der Waals surface area contributed by atoms with Crippen LogP contribution in [0.2, 0.25) is 5.28 Å². The van der Waals surface area contributed by atoms with Gasteiger partial charge in [0.15, 0.2) is 0 Å². The molecule has 1 aliphatic heterocycles. The summed E-state index contributed by atoms with van der Waals surface area (Å²) in [5.74, 6) is 0. The molecule has 0 atom stereocenters. The average Bonchev–Trinajstić information content (AvgIpc) is 1.69. The fraction of sp³-hybridized carbons (Fsp3) is 1.00. The third-order valence-corrected chi connectivity index (χ3v) is 3.62. The van der Waals surface area contributed by atoms with Crippen molar-refractivity contribution in [2.75, 3.05) is 6.61 Å². The predicted molar refractivity (Wildman–Crippen MR) is 31.6 cm³/mol. The molecule has 40 valence electrons. The fourth-order valence-corrected chi connectivity index (χ4v) is 2.63. The third kappa shape index (κ3) is 2.01. The van der Waals surface area contributed by atoms with Crippen LogP contribution in [0.15, 0.2) is 0 Å². The quantitative estimate of drug-likeness (QED) is 0.457. The van der Waals surface area contributed by atoms with E-state index >= 15 is 0 Å². The molecule has 0 amide bonds. The monoisotopic (exact) mass is 134 g/mol. The van der Waals surface area contributed by atoms with E-state index in [1.807, 2.05) is 0 Å². The molecule has 0 aromatic carbocycles. The molecule has 1 fully saturated rings. The molecule has 0 radical (unpaired) electrons. The van der Waals surface area contributed by atoms with Crippen molar-refractivity contribution >= 4 is 23.6 Å². The standard InChI is InChI=1S/C4H8O.Al.ClH/c1-2-3-4-5;;/h1-4H2;;1H/q-1;+2;/p-1.